The lowest BCUT2D eigenvalue weighted by Gasteiger charge is -2.08. The van der Waals surface area contributed by atoms with Gasteiger partial charge in [0.2, 0.25) is 10.0 Å². The van der Waals surface area contributed by atoms with Gasteiger partial charge in [-0.3, -0.25) is 0 Å². The van der Waals surface area contributed by atoms with E-state index in [0.717, 1.165) is 10.0 Å². The fourth-order valence-electron chi connectivity index (χ4n) is 1.10. The molecule has 0 aromatic heterocycles. The first-order chi connectivity index (χ1) is 7.48. The Kier molecular flexibility index (Phi) is 4.76. The second kappa shape index (κ2) is 5.65. The molecular formula is C10H14BrNO3S. The maximum absolute atomic E-state index is 11.3. The molecule has 0 radical (unpaired) electrons. The van der Waals surface area contributed by atoms with E-state index >= 15 is 0 Å². The highest BCUT2D eigenvalue weighted by molar-refractivity contribution is 9.10. The van der Waals surface area contributed by atoms with E-state index in [-0.39, 0.29) is 12.3 Å². The van der Waals surface area contributed by atoms with Gasteiger partial charge >= 0.3 is 0 Å². The molecule has 1 aromatic carbocycles. The number of sulfonamides is 1. The van der Waals surface area contributed by atoms with Gasteiger partial charge in [-0.25, -0.2) is 13.1 Å². The molecule has 0 amide bonds. The molecule has 90 valence electrons. The molecule has 0 aliphatic heterocycles. The van der Waals surface area contributed by atoms with Crippen LogP contribution in [0, 0.1) is 0 Å². The topological polar surface area (TPSA) is 55.4 Å². The molecule has 0 fully saturated rings. The van der Waals surface area contributed by atoms with Crippen LogP contribution in [0.4, 0.5) is 0 Å². The zero-order valence-electron chi connectivity index (χ0n) is 9.16. The normalized spacial score (nSPS) is 11.4. The summed E-state index contributed by atoms with van der Waals surface area (Å²) in [5.41, 5.74) is 0.844. The predicted octanol–water partition coefficient (Wildman–Crippen LogP) is 1.90. The Morgan fingerprint density at radius 3 is 2.69 bits per heavy atom. The minimum absolute atomic E-state index is 0.0780. The third kappa shape index (κ3) is 3.77. The van der Waals surface area contributed by atoms with Gasteiger partial charge in [0.15, 0.2) is 0 Å². The number of ether oxygens (including phenoxy) is 1. The summed E-state index contributed by atoms with van der Waals surface area (Å²) in [5.74, 6) is 0.781. The molecule has 0 aliphatic rings. The molecule has 0 heterocycles. The smallest absolute Gasteiger partial charge is 0.211 e. The van der Waals surface area contributed by atoms with E-state index < -0.39 is 10.0 Å². The van der Waals surface area contributed by atoms with Crippen LogP contribution >= 0.6 is 15.9 Å². The van der Waals surface area contributed by atoms with Crippen LogP contribution < -0.4 is 9.46 Å². The molecule has 0 atom stereocenters. The van der Waals surface area contributed by atoms with Gasteiger partial charge in [-0.2, -0.15) is 0 Å². The Balaban J connectivity index is 2.81. The Morgan fingerprint density at radius 1 is 1.44 bits per heavy atom. The van der Waals surface area contributed by atoms with Crippen LogP contribution in [0.3, 0.4) is 0 Å². The van der Waals surface area contributed by atoms with Crippen LogP contribution in [0.1, 0.15) is 12.5 Å². The van der Waals surface area contributed by atoms with Crippen LogP contribution in [0.25, 0.3) is 0 Å². The van der Waals surface area contributed by atoms with Crippen molar-refractivity contribution in [3.8, 4) is 5.75 Å². The van der Waals surface area contributed by atoms with Gasteiger partial charge in [-0.1, -0.05) is 15.9 Å². The SMILES string of the molecule is CCS(=O)(=O)NCc1cc(OC)ccc1Br. The summed E-state index contributed by atoms with van der Waals surface area (Å²) < 4.78 is 31.0. The second-order valence-corrected chi connectivity index (χ2v) is 6.13. The van der Waals surface area contributed by atoms with Crippen LogP contribution in [0.15, 0.2) is 22.7 Å². The highest BCUT2D eigenvalue weighted by Gasteiger charge is 2.08. The van der Waals surface area contributed by atoms with Crippen LogP contribution in [0.2, 0.25) is 0 Å². The van der Waals surface area contributed by atoms with Gasteiger partial charge in [0.1, 0.15) is 5.75 Å². The number of hydrogen-bond donors (Lipinski definition) is 1. The molecule has 1 N–H and O–H groups in total. The first-order valence-electron chi connectivity index (χ1n) is 4.78. The number of methoxy groups -OCH3 is 1. The van der Waals surface area contributed by atoms with E-state index in [9.17, 15) is 8.42 Å². The molecular weight excluding hydrogens is 294 g/mol. The number of rotatable bonds is 5. The zero-order valence-corrected chi connectivity index (χ0v) is 11.6. The summed E-state index contributed by atoms with van der Waals surface area (Å²) in [6.45, 7) is 1.86. The average Bonchev–Trinajstić information content (AvgIpc) is 2.28. The summed E-state index contributed by atoms with van der Waals surface area (Å²) in [5, 5.41) is 0. The molecule has 4 nitrogen and oxygen atoms in total. The summed E-state index contributed by atoms with van der Waals surface area (Å²) >= 11 is 3.36. The summed E-state index contributed by atoms with van der Waals surface area (Å²) in [7, 11) is -1.59. The monoisotopic (exact) mass is 307 g/mol. The van der Waals surface area contributed by atoms with E-state index in [4.69, 9.17) is 4.74 Å². The first-order valence-corrected chi connectivity index (χ1v) is 7.22. The maximum atomic E-state index is 11.3. The van der Waals surface area contributed by atoms with Crippen LogP contribution in [-0.2, 0) is 16.6 Å². The summed E-state index contributed by atoms with van der Waals surface area (Å²) in [4.78, 5) is 0. The minimum Gasteiger partial charge on any atom is -0.497 e. The van der Waals surface area contributed by atoms with Crippen molar-refractivity contribution in [1.29, 1.82) is 0 Å². The molecule has 1 aromatic rings. The van der Waals surface area contributed by atoms with E-state index in [1.807, 2.05) is 12.1 Å². The molecule has 1 rings (SSSR count). The first kappa shape index (κ1) is 13.5. The van der Waals surface area contributed by atoms with Crippen molar-refractivity contribution in [2.45, 2.75) is 13.5 Å². The predicted molar refractivity (Wildman–Crippen MR) is 67.0 cm³/mol. The maximum Gasteiger partial charge on any atom is 0.211 e. The van der Waals surface area contributed by atoms with E-state index in [1.54, 1.807) is 20.1 Å². The minimum atomic E-state index is -3.17. The molecule has 16 heavy (non-hydrogen) atoms. The van der Waals surface area contributed by atoms with Crippen molar-refractivity contribution in [3.63, 3.8) is 0 Å². The standard InChI is InChI=1S/C10H14BrNO3S/c1-3-16(13,14)12-7-8-6-9(15-2)4-5-10(8)11/h4-6,12H,3,7H2,1-2H3. The van der Waals surface area contributed by atoms with E-state index in [0.29, 0.717) is 5.75 Å². The summed E-state index contributed by atoms with van der Waals surface area (Å²) in [6, 6.07) is 5.43. The second-order valence-electron chi connectivity index (χ2n) is 3.18. The van der Waals surface area contributed by atoms with Crippen molar-refractivity contribution < 1.29 is 13.2 Å². The van der Waals surface area contributed by atoms with Gasteiger partial charge in [-0.15, -0.1) is 0 Å². The summed E-state index contributed by atoms with van der Waals surface area (Å²) in [6.07, 6.45) is 0. The van der Waals surface area contributed by atoms with Gasteiger partial charge in [-0.05, 0) is 30.7 Å². The Hall–Kier alpha value is -0.590. The number of nitrogens with one attached hydrogen (secondary N) is 1. The highest BCUT2D eigenvalue weighted by Crippen LogP contribution is 2.22. The van der Waals surface area contributed by atoms with Crippen LogP contribution in [0.5, 0.6) is 5.75 Å². The van der Waals surface area contributed by atoms with Crippen molar-refractivity contribution in [1.82, 2.24) is 4.72 Å². The number of hydrogen-bond acceptors (Lipinski definition) is 3. The third-order valence-electron chi connectivity index (χ3n) is 2.12. The van der Waals surface area contributed by atoms with Crippen molar-refractivity contribution in [3.05, 3.63) is 28.2 Å². The van der Waals surface area contributed by atoms with Crippen molar-refractivity contribution >= 4 is 26.0 Å². The lowest BCUT2D eigenvalue weighted by molar-refractivity contribution is 0.414. The van der Waals surface area contributed by atoms with E-state index in [2.05, 4.69) is 20.7 Å². The Morgan fingerprint density at radius 2 is 2.12 bits per heavy atom. The van der Waals surface area contributed by atoms with Gasteiger partial charge < -0.3 is 4.74 Å². The Labute approximate surface area is 104 Å². The number of benzene rings is 1. The fraction of sp³-hybridized carbons (Fsp3) is 0.400. The molecule has 0 aliphatic carbocycles. The Bertz CT molecular complexity index is 459. The fourth-order valence-corrected chi connectivity index (χ4v) is 2.07. The lowest BCUT2D eigenvalue weighted by Crippen LogP contribution is -2.24. The van der Waals surface area contributed by atoms with Gasteiger partial charge in [0.05, 0.1) is 12.9 Å². The van der Waals surface area contributed by atoms with Gasteiger partial charge in [0.25, 0.3) is 0 Å². The average molecular weight is 308 g/mol. The van der Waals surface area contributed by atoms with E-state index in [1.165, 1.54) is 0 Å². The molecule has 0 unspecified atom stereocenters. The molecule has 0 saturated heterocycles. The molecule has 0 saturated carbocycles. The molecule has 0 bridgehead atoms. The molecule has 6 heteroatoms. The van der Waals surface area contributed by atoms with Crippen molar-refractivity contribution in [2.75, 3.05) is 12.9 Å². The molecule has 0 spiro atoms. The number of halogens is 1. The highest BCUT2D eigenvalue weighted by atomic mass is 79.9. The van der Waals surface area contributed by atoms with Crippen LogP contribution in [-0.4, -0.2) is 21.3 Å². The van der Waals surface area contributed by atoms with Gasteiger partial charge in [0, 0.05) is 11.0 Å². The quantitative estimate of drug-likeness (QED) is 0.904. The third-order valence-corrected chi connectivity index (χ3v) is 4.23. The zero-order chi connectivity index (χ0) is 12.2. The van der Waals surface area contributed by atoms with Crippen molar-refractivity contribution in [2.24, 2.45) is 0 Å². The lowest BCUT2D eigenvalue weighted by atomic mass is 10.2. The largest absolute Gasteiger partial charge is 0.497 e.